The number of aromatic amines is 1. The van der Waals surface area contributed by atoms with Gasteiger partial charge in [-0.15, -0.1) is 0 Å². The molecule has 0 aromatic carbocycles. The van der Waals surface area contributed by atoms with Crippen molar-refractivity contribution in [3.63, 3.8) is 0 Å². The number of hydrogen-bond acceptors (Lipinski definition) is 2. The topological polar surface area (TPSA) is 66.0 Å². The number of H-pyrrole nitrogens is 1. The molecule has 0 aliphatic heterocycles. The molecule has 6 heteroatoms. The number of alkyl halides is 2. The van der Waals surface area contributed by atoms with Gasteiger partial charge in [-0.3, -0.25) is 5.10 Å². The van der Waals surface area contributed by atoms with E-state index in [1.807, 2.05) is 0 Å². The van der Waals surface area contributed by atoms with E-state index in [2.05, 4.69) is 10.2 Å². The summed E-state index contributed by atoms with van der Waals surface area (Å²) in [6.07, 6.45) is 0. The Balaban J connectivity index is 3.21. The van der Waals surface area contributed by atoms with Crippen molar-refractivity contribution in [2.24, 2.45) is 0 Å². The Morgan fingerprint density at radius 3 is 2.75 bits per heavy atom. The van der Waals surface area contributed by atoms with Gasteiger partial charge in [0.05, 0.1) is 11.4 Å². The van der Waals surface area contributed by atoms with Crippen molar-refractivity contribution >= 4 is 17.6 Å². The third-order valence-electron chi connectivity index (χ3n) is 1.41. The Labute approximate surface area is 72.3 Å². The maximum absolute atomic E-state index is 12.5. The van der Waals surface area contributed by atoms with E-state index in [1.54, 1.807) is 0 Å². The summed E-state index contributed by atoms with van der Waals surface area (Å²) in [7, 11) is 0. The van der Waals surface area contributed by atoms with Crippen molar-refractivity contribution < 1.29 is 14.3 Å². The lowest BCUT2D eigenvalue weighted by atomic mass is 10.2. The Bertz CT molecular complexity index is 310. The van der Waals surface area contributed by atoms with Gasteiger partial charge in [0.1, 0.15) is 5.56 Å². The quantitative estimate of drug-likeness (QED) is 0.700. The number of aromatic nitrogens is 2. The van der Waals surface area contributed by atoms with Crippen LogP contribution in [0.2, 0.25) is 0 Å². The third kappa shape index (κ3) is 1.40. The smallest absolute Gasteiger partial charge is 0.339 e. The largest absolute Gasteiger partial charge is 0.478 e. The molecule has 0 amide bonds. The number of rotatable bonds is 2. The van der Waals surface area contributed by atoms with E-state index in [-0.39, 0.29) is 17.0 Å². The van der Waals surface area contributed by atoms with Crippen LogP contribution in [0.4, 0.5) is 4.39 Å². The molecular weight excluding hydrogens is 187 g/mol. The number of nitrogens with zero attached hydrogens (tertiary/aromatic N) is 1. The predicted octanol–water partition coefficient (Wildman–Crippen LogP) is 1.62. The fourth-order valence-electron chi connectivity index (χ4n) is 0.879. The molecule has 0 saturated heterocycles. The monoisotopic (exact) mass is 192 g/mol. The van der Waals surface area contributed by atoms with Crippen LogP contribution in [0.25, 0.3) is 0 Å². The van der Waals surface area contributed by atoms with E-state index < -0.39 is 11.6 Å². The van der Waals surface area contributed by atoms with Crippen LogP contribution < -0.4 is 0 Å². The second-order valence-electron chi connectivity index (χ2n) is 2.20. The molecule has 0 fully saturated rings. The minimum absolute atomic E-state index is 0.197. The second kappa shape index (κ2) is 3.10. The molecule has 4 nitrogen and oxygen atoms in total. The predicted molar refractivity (Wildman–Crippen MR) is 40.0 cm³/mol. The molecule has 0 aliphatic rings. The van der Waals surface area contributed by atoms with E-state index in [1.165, 1.54) is 6.92 Å². The van der Waals surface area contributed by atoms with Gasteiger partial charge in [0, 0.05) is 0 Å². The highest BCUT2D eigenvalue weighted by atomic mass is 35.5. The molecule has 0 bridgehead atoms. The van der Waals surface area contributed by atoms with E-state index in [0.29, 0.717) is 0 Å². The van der Waals surface area contributed by atoms with Gasteiger partial charge in [-0.05, 0) is 6.92 Å². The van der Waals surface area contributed by atoms with Crippen LogP contribution in [-0.4, -0.2) is 21.3 Å². The Morgan fingerprint density at radius 1 is 1.83 bits per heavy atom. The highest BCUT2D eigenvalue weighted by molar-refractivity contribution is 6.20. The van der Waals surface area contributed by atoms with Crippen molar-refractivity contribution in [1.82, 2.24) is 10.2 Å². The summed E-state index contributed by atoms with van der Waals surface area (Å²) in [4.78, 5) is 10.5. The first-order valence-electron chi connectivity index (χ1n) is 3.10. The molecule has 2 N–H and O–H groups in total. The van der Waals surface area contributed by atoms with E-state index in [9.17, 15) is 9.18 Å². The number of aromatic carboxylic acids is 1. The van der Waals surface area contributed by atoms with Crippen molar-refractivity contribution in [3.05, 3.63) is 17.0 Å². The van der Waals surface area contributed by atoms with Crippen LogP contribution in [0.3, 0.4) is 0 Å². The molecule has 0 spiro atoms. The molecule has 1 unspecified atom stereocenters. The molecule has 0 saturated carbocycles. The lowest BCUT2D eigenvalue weighted by molar-refractivity contribution is 0.0694. The SMILES string of the molecule is Cc1n[nH]c(C(F)Cl)c1C(=O)O. The Morgan fingerprint density at radius 2 is 2.42 bits per heavy atom. The zero-order valence-corrected chi connectivity index (χ0v) is 6.89. The van der Waals surface area contributed by atoms with Gasteiger partial charge in [0.2, 0.25) is 5.63 Å². The lowest BCUT2D eigenvalue weighted by Gasteiger charge is -1.97. The summed E-state index contributed by atoms with van der Waals surface area (Å²) in [5, 5.41) is 14.3. The zero-order valence-electron chi connectivity index (χ0n) is 6.14. The van der Waals surface area contributed by atoms with Crippen LogP contribution in [0, 0.1) is 6.92 Å². The van der Waals surface area contributed by atoms with E-state index >= 15 is 0 Å². The fourth-order valence-corrected chi connectivity index (χ4v) is 1.04. The molecular formula is C6H6ClFN2O2. The summed E-state index contributed by atoms with van der Waals surface area (Å²) in [6.45, 7) is 1.46. The maximum Gasteiger partial charge on any atom is 0.339 e. The number of aryl methyl sites for hydroxylation is 1. The molecule has 0 radical (unpaired) electrons. The standard InChI is InChI=1S/C6H6ClFN2O2/c1-2-3(6(11)12)4(5(7)8)10-9-2/h5H,1H3,(H,9,10)(H,11,12). The summed E-state index contributed by atoms with van der Waals surface area (Å²) in [5.74, 6) is -1.24. The molecule has 1 atom stereocenters. The zero-order chi connectivity index (χ0) is 9.30. The van der Waals surface area contributed by atoms with Crippen LogP contribution in [0.5, 0.6) is 0 Å². The average Bonchev–Trinajstić information content (AvgIpc) is 2.30. The highest BCUT2D eigenvalue weighted by Gasteiger charge is 2.21. The molecule has 1 aromatic heterocycles. The van der Waals surface area contributed by atoms with Gasteiger partial charge < -0.3 is 5.11 Å². The molecule has 0 aliphatic carbocycles. The number of carboxylic acids is 1. The van der Waals surface area contributed by atoms with Gasteiger partial charge in [-0.25, -0.2) is 9.18 Å². The fraction of sp³-hybridized carbons (Fsp3) is 0.333. The average molecular weight is 193 g/mol. The number of halogens is 2. The van der Waals surface area contributed by atoms with Crippen molar-refractivity contribution in [2.75, 3.05) is 0 Å². The van der Waals surface area contributed by atoms with Crippen molar-refractivity contribution in [3.8, 4) is 0 Å². The normalized spacial score (nSPS) is 12.9. The Hall–Kier alpha value is -1.10. The number of nitrogens with one attached hydrogen (secondary N) is 1. The van der Waals surface area contributed by atoms with Gasteiger partial charge in [-0.1, -0.05) is 11.6 Å². The number of carboxylic acid groups (broad SMARTS) is 1. The van der Waals surface area contributed by atoms with Crippen LogP contribution in [0.1, 0.15) is 27.4 Å². The molecule has 1 rings (SSSR count). The molecule has 12 heavy (non-hydrogen) atoms. The molecule has 1 heterocycles. The van der Waals surface area contributed by atoms with Crippen LogP contribution >= 0.6 is 11.6 Å². The summed E-state index contributed by atoms with van der Waals surface area (Å²) in [6, 6.07) is 0. The molecule has 1 aromatic rings. The van der Waals surface area contributed by atoms with Crippen LogP contribution in [0.15, 0.2) is 0 Å². The third-order valence-corrected chi connectivity index (χ3v) is 1.63. The Kier molecular flexibility index (Phi) is 2.32. The molecule has 66 valence electrons. The summed E-state index contributed by atoms with van der Waals surface area (Å²) in [5.41, 5.74) is -2.04. The summed E-state index contributed by atoms with van der Waals surface area (Å²) >= 11 is 5.06. The minimum atomic E-state index is -1.86. The lowest BCUT2D eigenvalue weighted by Crippen LogP contribution is -2.01. The van der Waals surface area contributed by atoms with Crippen molar-refractivity contribution in [1.29, 1.82) is 0 Å². The van der Waals surface area contributed by atoms with Gasteiger partial charge in [0.15, 0.2) is 0 Å². The van der Waals surface area contributed by atoms with Crippen LogP contribution in [-0.2, 0) is 0 Å². The number of carbonyl (C=O) groups is 1. The highest BCUT2D eigenvalue weighted by Crippen LogP contribution is 2.24. The van der Waals surface area contributed by atoms with Gasteiger partial charge in [0.25, 0.3) is 0 Å². The summed E-state index contributed by atoms with van der Waals surface area (Å²) < 4.78 is 12.5. The van der Waals surface area contributed by atoms with E-state index in [4.69, 9.17) is 16.7 Å². The first kappa shape index (κ1) is 8.99. The van der Waals surface area contributed by atoms with Crippen molar-refractivity contribution in [2.45, 2.75) is 12.6 Å². The first-order valence-corrected chi connectivity index (χ1v) is 3.54. The van der Waals surface area contributed by atoms with Gasteiger partial charge >= 0.3 is 5.97 Å². The maximum atomic E-state index is 12.5. The second-order valence-corrected chi connectivity index (χ2v) is 2.59. The first-order chi connectivity index (χ1) is 5.54. The van der Waals surface area contributed by atoms with E-state index in [0.717, 1.165) is 0 Å². The number of hydrogen-bond donors (Lipinski definition) is 2. The van der Waals surface area contributed by atoms with Gasteiger partial charge in [-0.2, -0.15) is 5.10 Å². The minimum Gasteiger partial charge on any atom is -0.478 e.